The van der Waals surface area contributed by atoms with Crippen LogP contribution in [0, 0.1) is 6.92 Å². The summed E-state index contributed by atoms with van der Waals surface area (Å²) in [5, 5.41) is 3.67. The minimum Gasteiger partial charge on any atom is -0.338 e. The van der Waals surface area contributed by atoms with E-state index >= 15 is 0 Å². The van der Waals surface area contributed by atoms with Crippen molar-refractivity contribution < 1.29 is 4.52 Å². The summed E-state index contributed by atoms with van der Waals surface area (Å²) >= 11 is 1.78. The van der Waals surface area contributed by atoms with E-state index in [2.05, 4.69) is 17.1 Å². The van der Waals surface area contributed by atoms with E-state index in [-0.39, 0.29) is 0 Å². The third-order valence-corrected chi connectivity index (χ3v) is 1.86. The van der Waals surface area contributed by atoms with Gasteiger partial charge in [0, 0.05) is 0 Å². The second kappa shape index (κ2) is 7.16. The average molecular weight is 188 g/mol. The van der Waals surface area contributed by atoms with Gasteiger partial charge in [0.25, 0.3) is 0 Å². The molecule has 0 aliphatic rings. The summed E-state index contributed by atoms with van der Waals surface area (Å²) in [6.45, 7) is 7.93. The summed E-state index contributed by atoms with van der Waals surface area (Å²) in [6, 6.07) is 0. The highest BCUT2D eigenvalue weighted by molar-refractivity contribution is 7.98. The average Bonchev–Trinajstić information content (AvgIpc) is 2.51. The van der Waals surface area contributed by atoms with Crippen molar-refractivity contribution >= 4 is 11.8 Å². The van der Waals surface area contributed by atoms with Gasteiger partial charge in [0.05, 0.1) is 5.75 Å². The van der Waals surface area contributed by atoms with Gasteiger partial charge >= 0.3 is 0 Å². The lowest BCUT2D eigenvalue weighted by Crippen LogP contribution is -1.80. The van der Waals surface area contributed by atoms with Crippen LogP contribution in [0.3, 0.4) is 0 Å². The molecule has 0 saturated heterocycles. The molecular formula is C8H16N2OS. The molecule has 0 fully saturated rings. The van der Waals surface area contributed by atoms with Crippen molar-refractivity contribution in [3.8, 4) is 0 Å². The molecule has 0 unspecified atom stereocenters. The van der Waals surface area contributed by atoms with Crippen LogP contribution in [0.1, 0.15) is 32.5 Å². The van der Waals surface area contributed by atoms with E-state index in [0.29, 0.717) is 5.82 Å². The fraction of sp³-hybridized carbons (Fsp3) is 0.750. The maximum atomic E-state index is 4.88. The SMILES string of the molecule is CC.CCSCc1nc(C)no1. The van der Waals surface area contributed by atoms with Crippen LogP contribution in [-0.2, 0) is 5.75 Å². The van der Waals surface area contributed by atoms with Crippen molar-refractivity contribution in [1.82, 2.24) is 10.1 Å². The zero-order valence-corrected chi connectivity index (χ0v) is 8.94. The Hall–Kier alpha value is -0.510. The van der Waals surface area contributed by atoms with Gasteiger partial charge in [-0.25, -0.2) is 0 Å². The molecule has 0 aliphatic heterocycles. The van der Waals surface area contributed by atoms with Gasteiger partial charge in [0.1, 0.15) is 0 Å². The molecule has 0 aliphatic carbocycles. The molecule has 0 amide bonds. The second-order valence-electron chi connectivity index (χ2n) is 1.87. The number of hydrogen-bond donors (Lipinski definition) is 0. The highest BCUT2D eigenvalue weighted by atomic mass is 32.2. The molecule has 0 saturated carbocycles. The molecule has 3 nitrogen and oxygen atoms in total. The Balaban J connectivity index is 0.000000561. The molecule has 0 spiro atoms. The van der Waals surface area contributed by atoms with Gasteiger partial charge in [0.2, 0.25) is 5.89 Å². The summed E-state index contributed by atoms with van der Waals surface area (Å²) in [4.78, 5) is 4.05. The van der Waals surface area contributed by atoms with Crippen molar-refractivity contribution in [2.45, 2.75) is 33.4 Å². The maximum absolute atomic E-state index is 4.88. The van der Waals surface area contributed by atoms with Crippen molar-refractivity contribution in [3.05, 3.63) is 11.7 Å². The molecule has 1 aromatic heterocycles. The van der Waals surface area contributed by atoms with Crippen LogP contribution in [0.4, 0.5) is 0 Å². The van der Waals surface area contributed by atoms with E-state index in [0.717, 1.165) is 17.4 Å². The number of nitrogens with zero attached hydrogens (tertiary/aromatic N) is 2. The van der Waals surface area contributed by atoms with Crippen molar-refractivity contribution in [1.29, 1.82) is 0 Å². The van der Waals surface area contributed by atoms with Crippen LogP contribution in [0.2, 0.25) is 0 Å². The molecule has 0 atom stereocenters. The Bertz CT molecular complexity index is 201. The van der Waals surface area contributed by atoms with Gasteiger partial charge < -0.3 is 4.52 Å². The summed E-state index contributed by atoms with van der Waals surface area (Å²) in [7, 11) is 0. The third-order valence-electron chi connectivity index (χ3n) is 0.999. The molecule has 1 aromatic rings. The Morgan fingerprint density at radius 2 is 2.08 bits per heavy atom. The highest BCUT2D eigenvalue weighted by Gasteiger charge is 1.99. The Morgan fingerprint density at radius 1 is 1.42 bits per heavy atom. The van der Waals surface area contributed by atoms with E-state index < -0.39 is 0 Å². The monoisotopic (exact) mass is 188 g/mol. The Labute approximate surface area is 77.9 Å². The standard InChI is InChI=1S/C6H10N2OS.C2H6/c1-3-10-4-6-7-5(2)8-9-6;1-2/h3-4H2,1-2H3;1-2H3. The Morgan fingerprint density at radius 3 is 2.50 bits per heavy atom. The number of rotatable bonds is 3. The molecule has 70 valence electrons. The first-order valence-corrected chi connectivity index (χ1v) is 5.35. The fourth-order valence-corrected chi connectivity index (χ4v) is 1.08. The molecular weight excluding hydrogens is 172 g/mol. The minimum absolute atomic E-state index is 0.715. The molecule has 4 heteroatoms. The molecule has 0 bridgehead atoms. The van der Waals surface area contributed by atoms with Gasteiger partial charge in [0.15, 0.2) is 5.82 Å². The first-order chi connectivity index (χ1) is 5.83. The number of thioether (sulfide) groups is 1. The van der Waals surface area contributed by atoms with E-state index in [1.165, 1.54) is 0 Å². The number of hydrogen-bond acceptors (Lipinski definition) is 4. The maximum Gasteiger partial charge on any atom is 0.236 e. The molecule has 1 rings (SSSR count). The zero-order chi connectivity index (χ0) is 9.40. The van der Waals surface area contributed by atoms with Crippen LogP contribution in [-0.4, -0.2) is 15.9 Å². The van der Waals surface area contributed by atoms with Gasteiger partial charge in [-0.05, 0) is 12.7 Å². The first-order valence-electron chi connectivity index (χ1n) is 4.20. The van der Waals surface area contributed by atoms with E-state index in [4.69, 9.17) is 4.52 Å². The van der Waals surface area contributed by atoms with E-state index in [9.17, 15) is 0 Å². The first kappa shape index (κ1) is 11.5. The van der Waals surface area contributed by atoms with E-state index in [1.54, 1.807) is 11.8 Å². The predicted molar refractivity (Wildman–Crippen MR) is 52.2 cm³/mol. The van der Waals surface area contributed by atoms with E-state index in [1.807, 2.05) is 20.8 Å². The molecule has 1 heterocycles. The summed E-state index contributed by atoms with van der Waals surface area (Å²) in [6.07, 6.45) is 0. The minimum atomic E-state index is 0.715. The Kier molecular flexibility index (Phi) is 6.85. The number of aromatic nitrogens is 2. The fourth-order valence-electron chi connectivity index (χ4n) is 0.588. The lowest BCUT2D eigenvalue weighted by molar-refractivity contribution is 0.387. The number of aryl methyl sites for hydroxylation is 1. The van der Waals surface area contributed by atoms with Crippen molar-refractivity contribution in [2.24, 2.45) is 0 Å². The normalized spacial score (nSPS) is 9.00. The quantitative estimate of drug-likeness (QED) is 0.731. The van der Waals surface area contributed by atoms with Crippen LogP contribution in [0.5, 0.6) is 0 Å². The van der Waals surface area contributed by atoms with Gasteiger partial charge in [-0.2, -0.15) is 16.7 Å². The molecule has 0 aromatic carbocycles. The third kappa shape index (κ3) is 4.38. The van der Waals surface area contributed by atoms with Crippen molar-refractivity contribution in [3.63, 3.8) is 0 Å². The van der Waals surface area contributed by atoms with Gasteiger partial charge in [-0.3, -0.25) is 0 Å². The topological polar surface area (TPSA) is 38.9 Å². The van der Waals surface area contributed by atoms with Crippen molar-refractivity contribution in [2.75, 3.05) is 5.75 Å². The second-order valence-corrected chi connectivity index (χ2v) is 3.15. The predicted octanol–water partition coefficient (Wildman–Crippen LogP) is 2.66. The lowest BCUT2D eigenvalue weighted by Gasteiger charge is -1.87. The van der Waals surface area contributed by atoms with Crippen LogP contribution >= 0.6 is 11.8 Å². The van der Waals surface area contributed by atoms with Crippen LogP contribution in [0.25, 0.3) is 0 Å². The summed E-state index contributed by atoms with van der Waals surface area (Å²) < 4.78 is 4.88. The lowest BCUT2D eigenvalue weighted by atomic mass is 10.7. The van der Waals surface area contributed by atoms with Crippen LogP contribution < -0.4 is 0 Å². The summed E-state index contributed by atoms with van der Waals surface area (Å²) in [5.41, 5.74) is 0. The van der Waals surface area contributed by atoms with Crippen LogP contribution in [0.15, 0.2) is 4.52 Å². The van der Waals surface area contributed by atoms with Gasteiger partial charge in [-0.1, -0.05) is 25.9 Å². The zero-order valence-electron chi connectivity index (χ0n) is 8.13. The summed E-state index contributed by atoms with van der Waals surface area (Å²) in [5.74, 6) is 3.36. The smallest absolute Gasteiger partial charge is 0.236 e. The van der Waals surface area contributed by atoms with Gasteiger partial charge in [-0.15, -0.1) is 0 Å². The largest absolute Gasteiger partial charge is 0.338 e. The molecule has 12 heavy (non-hydrogen) atoms. The highest BCUT2D eigenvalue weighted by Crippen LogP contribution is 2.08. The molecule has 0 radical (unpaired) electrons. The molecule has 0 N–H and O–H groups in total.